The van der Waals surface area contributed by atoms with E-state index in [1.165, 1.54) is 6.33 Å². The van der Waals surface area contributed by atoms with Gasteiger partial charge in [0.15, 0.2) is 5.82 Å². The van der Waals surface area contributed by atoms with Gasteiger partial charge in [-0.05, 0) is 37.1 Å². The number of carbonyl (C=O) groups is 1. The topological polar surface area (TPSA) is 107 Å². The number of amides is 1. The average molecular weight is 416 g/mol. The summed E-state index contributed by atoms with van der Waals surface area (Å²) in [4.78, 5) is 21.4. The molecule has 1 saturated carbocycles. The summed E-state index contributed by atoms with van der Waals surface area (Å²) in [7, 11) is 0. The molecule has 9 heteroatoms. The van der Waals surface area contributed by atoms with Crippen LogP contribution in [0.1, 0.15) is 35.8 Å². The predicted molar refractivity (Wildman–Crippen MR) is 112 cm³/mol. The summed E-state index contributed by atoms with van der Waals surface area (Å²) in [5, 5.41) is 10.9. The average Bonchev–Trinajstić information content (AvgIpc) is 3.39. The molecule has 1 amide bonds. The highest BCUT2D eigenvalue weighted by Crippen LogP contribution is 2.40. The van der Waals surface area contributed by atoms with Crippen LogP contribution in [0.4, 0.5) is 10.6 Å². The van der Waals surface area contributed by atoms with Gasteiger partial charge in [0.1, 0.15) is 17.8 Å². The van der Waals surface area contributed by atoms with E-state index >= 15 is 0 Å². The Kier molecular flexibility index (Phi) is 4.20. The van der Waals surface area contributed by atoms with Gasteiger partial charge in [0.2, 0.25) is 5.88 Å². The maximum atomic E-state index is 12.7. The van der Waals surface area contributed by atoms with Crippen LogP contribution in [-0.2, 0) is 13.0 Å². The van der Waals surface area contributed by atoms with Crippen molar-refractivity contribution in [2.75, 3.05) is 11.9 Å². The molecule has 2 N–H and O–H groups in total. The number of aromatic nitrogens is 4. The predicted octanol–water partition coefficient (Wildman–Crippen LogP) is 3.81. The number of hydrogen-bond acceptors (Lipinski definition) is 7. The number of ether oxygens (including phenoxy) is 1. The smallest absolute Gasteiger partial charge is 0.331 e. The van der Waals surface area contributed by atoms with Gasteiger partial charge in [0, 0.05) is 43.1 Å². The van der Waals surface area contributed by atoms with Crippen LogP contribution in [0.15, 0.2) is 47.4 Å². The fourth-order valence-corrected chi connectivity index (χ4v) is 3.88. The molecular weight excluding hydrogens is 396 g/mol. The largest absolute Gasteiger partial charge is 0.439 e. The molecule has 0 saturated heterocycles. The summed E-state index contributed by atoms with van der Waals surface area (Å²) in [5.41, 5.74) is 2.77. The van der Waals surface area contributed by atoms with Crippen molar-refractivity contribution in [1.29, 1.82) is 0 Å². The van der Waals surface area contributed by atoms with Gasteiger partial charge >= 0.3 is 6.03 Å². The minimum Gasteiger partial charge on any atom is -0.439 e. The van der Waals surface area contributed by atoms with Crippen LogP contribution < -0.4 is 15.4 Å². The van der Waals surface area contributed by atoms with E-state index in [9.17, 15) is 4.79 Å². The van der Waals surface area contributed by atoms with Gasteiger partial charge in [0.25, 0.3) is 0 Å². The van der Waals surface area contributed by atoms with Crippen LogP contribution in [0, 0.1) is 0 Å². The molecule has 0 radical (unpaired) electrons. The van der Waals surface area contributed by atoms with E-state index in [1.54, 1.807) is 16.8 Å². The lowest BCUT2D eigenvalue weighted by Crippen LogP contribution is -2.25. The summed E-state index contributed by atoms with van der Waals surface area (Å²) in [6.45, 7) is 1.59. The maximum Gasteiger partial charge on any atom is 0.331 e. The first-order valence-electron chi connectivity index (χ1n) is 10.3. The number of rotatable bonds is 4. The summed E-state index contributed by atoms with van der Waals surface area (Å²) in [6.07, 6.45) is 6.35. The van der Waals surface area contributed by atoms with E-state index in [2.05, 4.69) is 25.8 Å². The van der Waals surface area contributed by atoms with Crippen molar-refractivity contribution in [3.8, 4) is 11.6 Å². The molecule has 6 rings (SSSR count). The number of benzene rings is 1. The van der Waals surface area contributed by atoms with Crippen molar-refractivity contribution < 1.29 is 14.1 Å². The van der Waals surface area contributed by atoms with E-state index in [0.717, 1.165) is 53.7 Å². The van der Waals surface area contributed by atoms with Gasteiger partial charge in [-0.3, -0.25) is 9.88 Å². The van der Waals surface area contributed by atoms with Gasteiger partial charge in [-0.1, -0.05) is 5.16 Å². The number of hydrogen-bond donors (Lipinski definition) is 2. The second kappa shape index (κ2) is 7.21. The second-order valence-corrected chi connectivity index (χ2v) is 7.86. The zero-order chi connectivity index (χ0) is 20.8. The van der Waals surface area contributed by atoms with E-state index in [1.807, 2.05) is 24.3 Å². The molecule has 0 atom stereocenters. The third kappa shape index (κ3) is 3.42. The highest BCUT2D eigenvalue weighted by atomic mass is 16.5. The molecule has 31 heavy (non-hydrogen) atoms. The normalized spacial score (nSPS) is 15.6. The quantitative estimate of drug-likeness (QED) is 0.521. The molecule has 4 heterocycles. The molecule has 156 valence electrons. The lowest BCUT2D eigenvalue weighted by atomic mass is 10.1. The Balaban J connectivity index is 1.23. The molecule has 0 bridgehead atoms. The fourth-order valence-electron chi connectivity index (χ4n) is 3.88. The molecule has 0 unspecified atom stereocenters. The molecule has 1 fully saturated rings. The molecule has 4 aromatic rings. The Morgan fingerprint density at radius 2 is 2.16 bits per heavy atom. The minimum absolute atomic E-state index is 0.296. The molecular formula is C22H20N6O3. The van der Waals surface area contributed by atoms with Gasteiger partial charge < -0.3 is 14.6 Å². The standard InChI is InChI=1S/C22H20N6O3/c29-22(26-20-10-19(31-27-20)13-1-2-13)28-8-6-14-9-15(3-4-18(14)28)30-21-16-11-23-7-5-17(16)24-12-25-21/h3-4,6,8-10,12-13,23H,1-2,5,7,11H2,(H,26,27,29). The highest BCUT2D eigenvalue weighted by molar-refractivity contribution is 5.98. The molecule has 3 aromatic heterocycles. The molecule has 1 aromatic carbocycles. The number of anilines is 1. The minimum atomic E-state index is -0.296. The van der Waals surface area contributed by atoms with Crippen LogP contribution in [0.2, 0.25) is 0 Å². The summed E-state index contributed by atoms with van der Waals surface area (Å²) in [5.74, 6) is 2.92. The Labute approximate surface area is 177 Å². The molecule has 0 spiro atoms. The van der Waals surface area contributed by atoms with Crippen molar-refractivity contribution in [3.63, 3.8) is 0 Å². The van der Waals surface area contributed by atoms with Crippen LogP contribution >= 0.6 is 0 Å². The number of carbonyl (C=O) groups excluding carboxylic acids is 1. The van der Waals surface area contributed by atoms with Gasteiger partial charge in [-0.15, -0.1) is 0 Å². The van der Waals surface area contributed by atoms with Crippen LogP contribution in [0.25, 0.3) is 10.9 Å². The summed E-state index contributed by atoms with van der Waals surface area (Å²) in [6, 6.07) is 8.95. The Morgan fingerprint density at radius 3 is 3.06 bits per heavy atom. The van der Waals surface area contributed by atoms with Crippen molar-refractivity contribution >= 4 is 22.8 Å². The number of nitrogens with one attached hydrogen (secondary N) is 2. The first-order chi connectivity index (χ1) is 15.2. The zero-order valence-electron chi connectivity index (χ0n) is 16.7. The van der Waals surface area contributed by atoms with Crippen LogP contribution in [-0.4, -0.2) is 32.3 Å². The third-order valence-electron chi connectivity index (χ3n) is 5.67. The van der Waals surface area contributed by atoms with Crippen LogP contribution in [0.3, 0.4) is 0 Å². The number of nitrogens with zero attached hydrogens (tertiary/aromatic N) is 4. The molecule has 1 aliphatic heterocycles. The van der Waals surface area contributed by atoms with E-state index in [-0.39, 0.29) is 6.03 Å². The summed E-state index contributed by atoms with van der Waals surface area (Å²) >= 11 is 0. The van der Waals surface area contributed by atoms with Crippen LogP contribution in [0.5, 0.6) is 11.6 Å². The van der Waals surface area contributed by atoms with E-state index < -0.39 is 0 Å². The molecule has 9 nitrogen and oxygen atoms in total. The SMILES string of the molecule is O=C(Nc1cc(C2CC2)on1)n1ccc2cc(Oc3ncnc4c3CNCC4)ccc21. The molecule has 2 aliphatic rings. The van der Waals surface area contributed by atoms with Gasteiger partial charge in [-0.25, -0.2) is 14.8 Å². The fraction of sp³-hybridized carbons (Fsp3) is 0.273. The monoisotopic (exact) mass is 416 g/mol. The summed E-state index contributed by atoms with van der Waals surface area (Å²) < 4.78 is 12.9. The maximum absolute atomic E-state index is 12.7. The van der Waals surface area contributed by atoms with Crippen molar-refractivity contribution in [1.82, 2.24) is 25.0 Å². The van der Waals surface area contributed by atoms with E-state index in [4.69, 9.17) is 9.26 Å². The third-order valence-corrected chi connectivity index (χ3v) is 5.67. The van der Waals surface area contributed by atoms with E-state index in [0.29, 0.717) is 29.9 Å². The lowest BCUT2D eigenvalue weighted by molar-refractivity contribution is 0.254. The molecule has 1 aliphatic carbocycles. The zero-order valence-corrected chi connectivity index (χ0v) is 16.7. The lowest BCUT2D eigenvalue weighted by Gasteiger charge is -2.18. The van der Waals surface area contributed by atoms with Gasteiger partial charge in [-0.2, -0.15) is 0 Å². The van der Waals surface area contributed by atoms with Crippen molar-refractivity contribution in [3.05, 3.63) is 59.9 Å². The highest BCUT2D eigenvalue weighted by Gasteiger charge is 2.28. The second-order valence-electron chi connectivity index (χ2n) is 7.86. The number of fused-ring (bicyclic) bond motifs is 2. The first-order valence-corrected chi connectivity index (χ1v) is 10.3. The Hall–Kier alpha value is -3.72. The van der Waals surface area contributed by atoms with Gasteiger partial charge in [0.05, 0.1) is 16.8 Å². The Morgan fingerprint density at radius 1 is 1.23 bits per heavy atom. The van der Waals surface area contributed by atoms with Crippen molar-refractivity contribution in [2.45, 2.75) is 31.7 Å². The van der Waals surface area contributed by atoms with Crippen molar-refractivity contribution in [2.24, 2.45) is 0 Å². The Bertz CT molecular complexity index is 1290. The first kappa shape index (κ1) is 18.1.